The SMILES string of the molecule is CC(C)(C)c1c(N)nnn1CCOc1ccc(Br)cc1. The first-order valence-corrected chi connectivity index (χ1v) is 7.25. The van der Waals surface area contributed by atoms with E-state index in [1.807, 2.05) is 28.9 Å². The van der Waals surface area contributed by atoms with E-state index in [0.717, 1.165) is 15.9 Å². The Labute approximate surface area is 127 Å². The lowest BCUT2D eigenvalue weighted by molar-refractivity contribution is 0.283. The summed E-state index contributed by atoms with van der Waals surface area (Å²) in [5.74, 6) is 1.32. The number of nitrogens with zero attached hydrogens (tertiary/aromatic N) is 3. The van der Waals surface area contributed by atoms with Crippen LogP contribution in [0.25, 0.3) is 0 Å². The number of aromatic nitrogens is 3. The monoisotopic (exact) mass is 338 g/mol. The topological polar surface area (TPSA) is 66.0 Å². The highest BCUT2D eigenvalue weighted by molar-refractivity contribution is 9.10. The van der Waals surface area contributed by atoms with Crippen LogP contribution >= 0.6 is 15.9 Å². The lowest BCUT2D eigenvalue weighted by atomic mass is 9.92. The molecule has 0 fully saturated rings. The summed E-state index contributed by atoms with van der Waals surface area (Å²) >= 11 is 3.39. The molecule has 108 valence electrons. The molecular formula is C14H19BrN4O. The van der Waals surface area contributed by atoms with E-state index in [1.54, 1.807) is 0 Å². The molecule has 0 amide bonds. The third-order valence-electron chi connectivity index (χ3n) is 2.86. The first-order chi connectivity index (χ1) is 9.38. The summed E-state index contributed by atoms with van der Waals surface area (Å²) in [7, 11) is 0. The fourth-order valence-corrected chi connectivity index (χ4v) is 2.30. The molecule has 2 N–H and O–H groups in total. The van der Waals surface area contributed by atoms with Crippen LogP contribution in [0.15, 0.2) is 28.7 Å². The van der Waals surface area contributed by atoms with Crippen LogP contribution in [-0.4, -0.2) is 21.6 Å². The number of hydrogen-bond acceptors (Lipinski definition) is 4. The van der Waals surface area contributed by atoms with E-state index < -0.39 is 0 Å². The molecule has 1 heterocycles. The van der Waals surface area contributed by atoms with Crippen molar-refractivity contribution >= 4 is 21.7 Å². The van der Waals surface area contributed by atoms with Gasteiger partial charge < -0.3 is 10.5 Å². The smallest absolute Gasteiger partial charge is 0.169 e. The molecule has 5 nitrogen and oxygen atoms in total. The van der Waals surface area contributed by atoms with Gasteiger partial charge in [-0.2, -0.15) is 0 Å². The average Bonchev–Trinajstić information content (AvgIpc) is 2.73. The summed E-state index contributed by atoms with van der Waals surface area (Å²) in [4.78, 5) is 0. The van der Waals surface area contributed by atoms with Crippen molar-refractivity contribution in [3.8, 4) is 5.75 Å². The summed E-state index contributed by atoms with van der Waals surface area (Å²) in [5, 5.41) is 8.03. The van der Waals surface area contributed by atoms with Gasteiger partial charge in [-0.15, -0.1) is 5.10 Å². The van der Waals surface area contributed by atoms with Crippen molar-refractivity contribution < 1.29 is 4.74 Å². The Balaban J connectivity index is 2.00. The molecule has 0 aliphatic rings. The van der Waals surface area contributed by atoms with Crippen molar-refractivity contribution in [2.75, 3.05) is 12.3 Å². The predicted octanol–water partition coefficient (Wildman–Crippen LogP) is 3.00. The number of nitrogen functional groups attached to an aromatic ring is 1. The van der Waals surface area contributed by atoms with Crippen LogP contribution in [0.3, 0.4) is 0 Å². The van der Waals surface area contributed by atoms with Gasteiger partial charge in [-0.25, -0.2) is 4.68 Å². The number of rotatable bonds is 4. The van der Waals surface area contributed by atoms with Crippen LogP contribution < -0.4 is 10.5 Å². The highest BCUT2D eigenvalue weighted by Crippen LogP contribution is 2.25. The van der Waals surface area contributed by atoms with Gasteiger partial charge >= 0.3 is 0 Å². The standard InChI is InChI=1S/C14H19BrN4O/c1-14(2,3)12-13(16)17-18-19(12)8-9-20-11-6-4-10(15)5-7-11/h4-7H,8-9,16H2,1-3H3. The van der Waals surface area contributed by atoms with E-state index in [2.05, 4.69) is 47.0 Å². The normalized spacial score (nSPS) is 11.6. The van der Waals surface area contributed by atoms with E-state index in [9.17, 15) is 0 Å². The predicted molar refractivity (Wildman–Crippen MR) is 82.8 cm³/mol. The minimum atomic E-state index is -0.0921. The van der Waals surface area contributed by atoms with Gasteiger partial charge in [0.15, 0.2) is 5.82 Å². The molecule has 0 aliphatic heterocycles. The molecule has 2 aromatic rings. The zero-order valence-corrected chi connectivity index (χ0v) is 13.5. The number of halogens is 1. The molecule has 1 aromatic carbocycles. The van der Waals surface area contributed by atoms with E-state index >= 15 is 0 Å². The fraction of sp³-hybridized carbons (Fsp3) is 0.429. The summed E-state index contributed by atoms with van der Waals surface area (Å²) in [6.45, 7) is 7.41. The number of nitrogens with two attached hydrogens (primary N) is 1. The Bertz CT molecular complexity index is 572. The second-order valence-electron chi connectivity index (χ2n) is 5.60. The molecule has 0 saturated carbocycles. The van der Waals surface area contributed by atoms with Gasteiger partial charge in [0.25, 0.3) is 0 Å². The average molecular weight is 339 g/mol. The maximum Gasteiger partial charge on any atom is 0.169 e. The van der Waals surface area contributed by atoms with Crippen molar-refractivity contribution in [1.82, 2.24) is 15.0 Å². The zero-order chi connectivity index (χ0) is 14.8. The maximum absolute atomic E-state index is 5.89. The molecule has 20 heavy (non-hydrogen) atoms. The molecule has 0 bridgehead atoms. The van der Waals surface area contributed by atoms with Gasteiger partial charge in [0.1, 0.15) is 12.4 Å². The minimum Gasteiger partial charge on any atom is -0.492 e. The van der Waals surface area contributed by atoms with Crippen LogP contribution in [0.4, 0.5) is 5.82 Å². The number of benzene rings is 1. The van der Waals surface area contributed by atoms with Crippen molar-refractivity contribution in [2.24, 2.45) is 0 Å². The number of ether oxygens (including phenoxy) is 1. The Hall–Kier alpha value is -1.56. The molecular weight excluding hydrogens is 320 g/mol. The van der Waals surface area contributed by atoms with Crippen molar-refractivity contribution in [3.05, 3.63) is 34.4 Å². The molecule has 0 spiro atoms. The zero-order valence-electron chi connectivity index (χ0n) is 11.9. The third kappa shape index (κ3) is 3.50. The van der Waals surface area contributed by atoms with E-state index in [0.29, 0.717) is 19.0 Å². The van der Waals surface area contributed by atoms with Crippen LogP contribution in [0.5, 0.6) is 5.75 Å². The third-order valence-corrected chi connectivity index (χ3v) is 3.39. The molecule has 2 rings (SSSR count). The molecule has 1 aromatic heterocycles. The Morgan fingerprint density at radius 2 is 1.90 bits per heavy atom. The molecule has 6 heteroatoms. The van der Waals surface area contributed by atoms with E-state index in [-0.39, 0.29) is 5.41 Å². The Morgan fingerprint density at radius 1 is 1.25 bits per heavy atom. The quantitative estimate of drug-likeness (QED) is 0.930. The van der Waals surface area contributed by atoms with Gasteiger partial charge in [-0.1, -0.05) is 41.9 Å². The van der Waals surface area contributed by atoms with E-state index in [1.165, 1.54) is 0 Å². The van der Waals surface area contributed by atoms with Crippen LogP contribution in [-0.2, 0) is 12.0 Å². The van der Waals surface area contributed by atoms with Crippen LogP contribution in [0.1, 0.15) is 26.5 Å². The largest absolute Gasteiger partial charge is 0.492 e. The lowest BCUT2D eigenvalue weighted by Crippen LogP contribution is -2.22. The first-order valence-electron chi connectivity index (χ1n) is 6.46. The summed E-state index contributed by atoms with van der Waals surface area (Å²) in [6.07, 6.45) is 0. The highest BCUT2D eigenvalue weighted by Gasteiger charge is 2.23. The van der Waals surface area contributed by atoms with Crippen LogP contribution in [0.2, 0.25) is 0 Å². The van der Waals surface area contributed by atoms with E-state index in [4.69, 9.17) is 10.5 Å². The molecule has 0 atom stereocenters. The molecule has 0 aliphatic carbocycles. The van der Waals surface area contributed by atoms with Gasteiger partial charge in [-0.3, -0.25) is 0 Å². The molecule has 0 saturated heterocycles. The maximum atomic E-state index is 5.89. The van der Waals surface area contributed by atoms with Gasteiger partial charge in [0.2, 0.25) is 0 Å². The number of hydrogen-bond donors (Lipinski definition) is 1. The minimum absolute atomic E-state index is 0.0921. The van der Waals surface area contributed by atoms with Crippen LogP contribution in [0, 0.1) is 0 Å². The molecule has 0 radical (unpaired) electrons. The second-order valence-corrected chi connectivity index (χ2v) is 6.51. The summed E-state index contributed by atoms with van der Waals surface area (Å²) < 4.78 is 8.54. The fourth-order valence-electron chi connectivity index (χ4n) is 2.04. The summed E-state index contributed by atoms with van der Waals surface area (Å²) in [6, 6.07) is 7.74. The van der Waals surface area contributed by atoms with Gasteiger partial charge in [0.05, 0.1) is 12.2 Å². The van der Waals surface area contributed by atoms with Crippen molar-refractivity contribution in [3.63, 3.8) is 0 Å². The van der Waals surface area contributed by atoms with Gasteiger partial charge in [0, 0.05) is 9.89 Å². The number of anilines is 1. The van der Waals surface area contributed by atoms with Crippen molar-refractivity contribution in [1.29, 1.82) is 0 Å². The highest BCUT2D eigenvalue weighted by atomic mass is 79.9. The lowest BCUT2D eigenvalue weighted by Gasteiger charge is -2.20. The first kappa shape index (κ1) is 14.8. The Kier molecular flexibility index (Phi) is 4.32. The van der Waals surface area contributed by atoms with Gasteiger partial charge in [-0.05, 0) is 24.3 Å². The second kappa shape index (κ2) is 5.83. The Morgan fingerprint density at radius 3 is 2.50 bits per heavy atom. The summed E-state index contributed by atoms with van der Waals surface area (Å²) in [5.41, 5.74) is 6.74. The van der Waals surface area contributed by atoms with Crippen molar-refractivity contribution in [2.45, 2.75) is 32.7 Å². The molecule has 0 unspecified atom stereocenters.